The van der Waals surface area contributed by atoms with Gasteiger partial charge >= 0.3 is 0 Å². The van der Waals surface area contributed by atoms with E-state index in [2.05, 4.69) is 22.2 Å². The highest BCUT2D eigenvalue weighted by atomic mass is 35.5. The molecule has 2 N–H and O–H groups in total. The van der Waals surface area contributed by atoms with E-state index < -0.39 is 11.7 Å². The smallest absolute Gasteiger partial charge is 0.255 e. The van der Waals surface area contributed by atoms with E-state index in [0.717, 1.165) is 5.57 Å². The number of amides is 1. The third-order valence-electron chi connectivity index (χ3n) is 6.09. The zero-order valence-corrected chi connectivity index (χ0v) is 23.1. The van der Waals surface area contributed by atoms with Gasteiger partial charge in [0, 0.05) is 47.2 Å². The van der Waals surface area contributed by atoms with E-state index in [1.54, 1.807) is 30.5 Å². The van der Waals surface area contributed by atoms with Gasteiger partial charge in [-0.1, -0.05) is 42.5 Å². The summed E-state index contributed by atoms with van der Waals surface area (Å²) >= 11 is 6.38. The Morgan fingerprint density at radius 2 is 2.00 bits per heavy atom. The Bertz CT molecular complexity index is 1390. The molecule has 4 rings (SSSR count). The molecule has 0 unspecified atom stereocenters. The monoisotopic (exact) mass is 562 g/mol. The van der Waals surface area contributed by atoms with Crippen molar-refractivity contribution >= 4 is 34.7 Å². The summed E-state index contributed by atoms with van der Waals surface area (Å²) in [4.78, 5) is 19.3. The molecule has 1 aliphatic heterocycles. The summed E-state index contributed by atoms with van der Waals surface area (Å²) in [5, 5.41) is 6.53. The lowest BCUT2D eigenvalue weighted by Crippen LogP contribution is -2.36. The molecule has 0 atom stereocenters. The quantitative estimate of drug-likeness (QED) is 0.255. The second-order valence-electron chi connectivity index (χ2n) is 9.12. The summed E-state index contributed by atoms with van der Waals surface area (Å²) < 4.78 is 25.6. The van der Waals surface area contributed by atoms with Gasteiger partial charge in [-0.05, 0) is 61.0 Å². The molecule has 2 heterocycles. The third kappa shape index (κ3) is 8.43. The number of rotatable bonds is 11. The topological polar surface area (TPSA) is 75.7 Å². The minimum absolute atomic E-state index is 0.171. The maximum absolute atomic E-state index is 14.3. The van der Waals surface area contributed by atoms with Crippen LogP contribution >= 0.6 is 11.6 Å². The minimum Gasteiger partial charge on any atom is -0.487 e. The number of halogens is 2. The van der Waals surface area contributed by atoms with E-state index in [0.29, 0.717) is 66.4 Å². The summed E-state index contributed by atoms with van der Waals surface area (Å²) in [5.41, 5.74) is 3.01. The van der Waals surface area contributed by atoms with Crippen molar-refractivity contribution in [1.82, 2.24) is 4.98 Å². The first-order chi connectivity index (χ1) is 19.4. The highest BCUT2D eigenvalue weighted by Crippen LogP contribution is 2.25. The Balaban J connectivity index is 1.34. The summed E-state index contributed by atoms with van der Waals surface area (Å²) in [6.07, 6.45) is 9.38. The summed E-state index contributed by atoms with van der Waals surface area (Å²) in [6, 6.07) is 13.1. The molecule has 40 heavy (non-hydrogen) atoms. The molecule has 0 radical (unpaired) electrons. The molecule has 9 heteroatoms. The summed E-state index contributed by atoms with van der Waals surface area (Å²) in [5.74, 6) is 0.374. The van der Waals surface area contributed by atoms with Gasteiger partial charge in [-0.15, -0.1) is 0 Å². The molecule has 1 saturated heterocycles. The summed E-state index contributed by atoms with van der Waals surface area (Å²) in [7, 11) is 0. The number of carbonyl (C=O) groups is 1. The Kier molecular flexibility index (Phi) is 10.3. The van der Waals surface area contributed by atoms with Crippen molar-refractivity contribution in [2.24, 2.45) is 0 Å². The number of pyridine rings is 1. The average Bonchev–Trinajstić information content (AvgIpc) is 2.97. The van der Waals surface area contributed by atoms with Crippen LogP contribution in [0.2, 0.25) is 5.02 Å². The van der Waals surface area contributed by atoms with Gasteiger partial charge < -0.3 is 25.0 Å². The van der Waals surface area contributed by atoms with Crippen molar-refractivity contribution in [1.29, 1.82) is 0 Å². The second-order valence-corrected chi connectivity index (χ2v) is 9.53. The van der Waals surface area contributed by atoms with Crippen LogP contribution in [0.3, 0.4) is 0 Å². The number of ether oxygens (including phenoxy) is 2. The lowest BCUT2D eigenvalue weighted by molar-refractivity contribution is 0.102. The molecule has 1 fully saturated rings. The van der Waals surface area contributed by atoms with Crippen LogP contribution in [0, 0.1) is 5.82 Å². The molecule has 0 aliphatic carbocycles. The first-order valence-corrected chi connectivity index (χ1v) is 13.3. The zero-order chi connectivity index (χ0) is 28.3. The van der Waals surface area contributed by atoms with E-state index >= 15 is 0 Å². The highest BCUT2D eigenvalue weighted by molar-refractivity contribution is 6.31. The Labute approximate surface area is 239 Å². The lowest BCUT2D eigenvalue weighted by atomic mass is 10.1. The van der Waals surface area contributed by atoms with Crippen molar-refractivity contribution in [2.75, 3.05) is 48.4 Å². The van der Waals surface area contributed by atoms with Gasteiger partial charge in [-0.3, -0.25) is 4.79 Å². The van der Waals surface area contributed by atoms with Crippen LogP contribution in [-0.4, -0.2) is 43.7 Å². The average molecular weight is 563 g/mol. The van der Waals surface area contributed by atoms with Crippen molar-refractivity contribution in [3.63, 3.8) is 0 Å². The lowest BCUT2D eigenvalue weighted by Gasteiger charge is -2.29. The number of hydrogen-bond donors (Lipinski definition) is 2. The van der Waals surface area contributed by atoms with Gasteiger partial charge in [0.1, 0.15) is 24.0 Å². The van der Waals surface area contributed by atoms with E-state index in [-0.39, 0.29) is 12.2 Å². The summed E-state index contributed by atoms with van der Waals surface area (Å²) in [6.45, 7) is 9.12. The van der Waals surface area contributed by atoms with Gasteiger partial charge in [0.15, 0.2) is 0 Å². The molecule has 0 bridgehead atoms. The van der Waals surface area contributed by atoms with E-state index in [1.165, 1.54) is 12.1 Å². The Hall–Kier alpha value is -4.14. The minimum atomic E-state index is -0.472. The zero-order valence-electron chi connectivity index (χ0n) is 22.3. The van der Waals surface area contributed by atoms with E-state index in [1.807, 2.05) is 48.3 Å². The molecule has 1 aromatic heterocycles. The Morgan fingerprint density at radius 1 is 1.18 bits per heavy atom. The molecule has 208 valence electrons. The number of carbonyl (C=O) groups excluding carboxylic acids is 1. The number of nitrogens with zero attached hydrogens (tertiary/aromatic N) is 2. The normalized spacial score (nSPS) is 13.5. The van der Waals surface area contributed by atoms with Crippen molar-refractivity contribution in [2.45, 2.75) is 13.5 Å². The number of morpholine rings is 1. The molecule has 1 amide bonds. The van der Waals surface area contributed by atoms with Gasteiger partial charge in [0.25, 0.3) is 5.91 Å². The molecule has 0 spiro atoms. The van der Waals surface area contributed by atoms with E-state index in [4.69, 9.17) is 21.1 Å². The fourth-order valence-electron chi connectivity index (χ4n) is 3.97. The van der Waals surface area contributed by atoms with Gasteiger partial charge in [0.2, 0.25) is 0 Å². The maximum atomic E-state index is 14.3. The first kappa shape index (κ1) is 28.9. The predicted molar refractivity (Wildman–Crippen MR) is 159 cm³/mol. The number of aromatic nitrogens is 1. The number of allylic oxidation sites excluding steroid dienone is 3. The van der Waals surface area contributed by atoms with Crippen molar-refractivity contribution in [3.8, 4) is 5.75 Å². The molecule has 3 aromatic rings. The number of benzene rings is 2. The highest BCUT2D eigenvalue weighted by Gasteiger charge is 2.16. The number of hydrogen-bond acceptors (Lipinski definition) is 6. The molecular formula is C31H32ClFN4O3. The van der Waals surface area contributed by atoms with Gasteiger partial charge in [-0.25, -0.2) is 9.37 Å². The third-order valence-corrected chi connectivity index (χ3v) is 6.46. The van der Waals surface area contributed by atoms with Crippen LogP contribution in [-0.2, 0) is 11.3 Å². The van der Waals surface area contributed by atoms with Crippen LogP contribution in [0.25, 0.3) is 0 Å². The maximum Gasteiger partial charge on any atom is 0.255 e. The van der Waals surface area contributed by atoms with Crippen LogP contribution in [0.4, 0.5) is 21.6 Å². The van der Waals surface area contributed by atoms with Crippen molar-refractivity contribution < 1.29 is 18.7 Å². The number of nitrogens with one attached hydrogen (secondary N) is 2. The SMILES string of the molecule is C=C(/C=C\C=C/C)CNc1ccc(OCc2cc(NC(=O)c3cc(F)cc(N4CCOCC4)c3)ccc2Cl)cn1. The van der Waals surface area contributed by atoms with E-state index in [9.17, 15) is 9.18 Å². The van der Waals surface area contributed by atoms with Crippen molar-refractivity contribution in [3.05, 3.63) is 113 Å². The molecule has 1 aliphatic rings. The van der Waals surface area contributed by atoms with Crippen LogP contribution in [0.1, 0.15) is 22.8 Å². The first-order valence-electron chi connectivity index (χ1n) is 12.9. The predicted octanol–water partition coefficient (Wildman–Crippen LogP) is 6.64. The molecular weight excluding hydrogens is 531 g/mol. The van der Waals surface area contributed by atoms with Gasteiger partial charge in [-0.2, -0.15) is 0 Å². The van der Waals surface area contributed by atoms with Crippen LogP contribution in [0.15, 0.2) is 91.2 Å². The van der Waals surface area contributed by atoms with Crippen LogP contribution < -0.4 is 20.3 Å². The Morgan fingerprint density at radius 3 is 2.75 bits per heavy atom. The fraction of sp³-hybridized carbons (Fsp3) is 0.226. The molecule has 2 aromatic carbocycles. The largest absolute Gasteiger partial charge is 0.487 e. The van der Waals surface area contributed by atoms with Crippen LogP contribution in [0.5, 0.6) is 5.75 Å². The standard InChI is InChI=1S/C31H32ClFN4O3/c1-3-4-5-6-22(2)19-34-30-10-8-28(20-35-30)40-21-24-16-26(7-9-29(24)32)36-31(38)23-15-25(33)18-27(17-23)37-11-13-39-14-12-37/h3-10,15-18,20H,2,11-14,19,21H2,1H3,(H,34,35)(H,36,38)/b4-3-,6-5-. The molecule has 7 nitrogen and oxygen atoms in total. The second kappa shape index (κ2) is 14.3. The fourth-order valence-corrected chi connectivity index (χ4v) is 4.14. The number of anilines is 3. The van der Waals surface area contributed by atoms with Gasteiger partial charge in [0.05, 0.1) is 19.4 Å². The molecule has 0 saturated carbocycles.